The zero-order valence-electron chi connectivity index (χ0n) is 9.11. The van der Waals surface area contributed by atoms with E-state index in [2.05, 4.69) is 0 Å². The first kappa shape index (κ1) is 17.3. The van der Waals surface area contributed by atoms with Crippen LogP contribution < -0.4 is 4.74 Å². The van der Waals surface area contributed by atoms with Crippen molar-refractivity contribution in [2.75, 3.05) is 7.11 Å². The van der Waals surface area contributed by atoms with E-state index in [-0.39, 0.29) is 40.2 Å². The van der Waals surface area contributed by atoms with Crippen LogP contribution in [-0.2, 0) is 10.1 Å². The monoisotopic (exact) mass is 344 g/mol. The molecule has 98 valence electrons. The standard InChI is InChI=1S/C10H8O4S4.Na.H/c1-14-7-3-2-6(4-9(7)18(11,12)13)8-5-10(15)17-16-8;;/h2-5H,1H3,(H,11,12,13);;. The van der Waals surface area contributed by atoms with Gasteiger partial charge in [0.25, 0.3) is 10.1 Å². The summed E-state index contributed by atoms with van der Waals surface area (Å²) in [7, 11) is -0.0753. The zero-order chi connectivity index (χ0) is 13.3. The van der Waals surface area contributed by atoms with Gasteiger partial charge in [-0.1, -0.05) is 32.9 Å². The molecule has 0 bridgehead atoms. The van der Waals surface area contributed by atoms with Crippen LogP contribution >= 0.6 is 32.9 Å². The molecule has 0 spiro atoms. The third-order valence-electron chi connectivity index (χ3n) is 2.19. The van der Waals surface area contributed by atoms with Crippen LogP contribution in [0.3, 0.4) is 0 Å². The molecule has 0 aliphatic heterocycles. The Labute approximate surface area is 145 Å². The number of rotatable bonds is 3. The van der Waals surface area contributed by atoms with Crippen LogP contribution in [0.15, 0.2) is 29.2 Å². The second-order valence-corrected chi connectivity index (χ2v) is 7.64. The fourth-order valence-electron chi connectivity index (χ4n) is 1.40. The Bertz CT molecular complexity index is 732. The minimum atomic E-state index is -4.31. The van der Waals surface area contributed by atoms with Crippen molar-refractivity contribution in [1.29, 1.82) is 0 Å². The van der Waals surface area contributed by atoms with E-state index >= 15 is 0 Å². The molecule has 0 radical (unpaired) electrons. The quantitative estimate of drug-likeness (QED) is 0.401. The van der Waals surface area contributed by atoms with Crippen LogP contribution in [0.2, 0.25) is 0 Å². The van der Waals surface area contributed by atoms with E-state index in [9.17, 15) is 8.42 Å². The van der Waals surface area contributed by atoms with Gasteiger partial charge in [-0.25, -0.2) is 0 Å². The van der Waals surface area contributed by atoms with Gasteiger partial charge in [-0.15, -0.1) is 0 Å². The molecule has 0 atom stereocenters. The first-order valence-electron chi connectivity index (χ1n) is 4.68. The number of benzene rings is 1. The van der Waals surface area contributed by atoms with Crippen molar-refractivity contribution in [1.82, 2.24) is 0 Å². The average Bonchev–Trinajstić information content (AvgIpc) is 2.74. The normalized spacial score (nSPS) is 10.8. The van der Waals surface area contributed by atoms with Gasteiger partial charge in [0.05, 0.1) is 7.11 Å². The first-order valence-corrected chi connectivity index (χ1v) is 8.67. The van der Waals surface area contributed by atoms with Gasteiger partial charge in [-0.3, -0.25) is 4.55 Å². The Morgan fingerprint density at radius 1 is 1.26 bits per heavy atom. The molecule has 19 heavy (non-hydrogen) atoms. The minimum absolute atomic E-state index is 0. The zero-order valence-corrected chi connectivity index (χ0v) is 12.4. The van der Waals surface area contributed by atoms with E-state index in [1.54, 1.807) is 12.1 Å². The van der Waals surface area contributed by atoms with Crippen LogP contribution in [0, 0.1) is 3.82 Å². The number of methoxy groups -OCH3 is 1. The van der Waals surface area contributed by atoms with Crippen LogP contribution in [0.1, 0.15) is 0 Å². The topological polar surface area (TPSA) is 63.6 Å². The molecule has 0 saturated heterocycles. The second-order valence-electron chi connectivity index (χ2n) is 3.33. The summed E-state index contributed by atoms with van der Waals surface area (Å²) in [5.41, 5.74) is 0.681. The Morgan fingerprint density at radius 2 is 1.95 bits per heavy atom. The Morgan fingerprint density at radius 3 is 2.42 bits per heavy atom. The van der Waals surface area contributed by atoms with Gasteiger partial charge in [-0.2, -0.15) is 8.42 Å². The van der Waals surface area contributed by atoms with E-state index in [4.69, 9.17) is 21.5 Å². The summed E-state index contributed by atoms with van der Waals surface area (Å²) in [5.74, 6) is 0.111. The molecule has 0 amide bonds. The number of hydrogen-bond donors (Lipinski definition) is 1. The Kier molecular flexibility index (Phi) is 6.15. The van der Waals surface area contributed by atoms with Crippen molar-refractivity contribution in [2.24, 2.45) is 0 Å². The Balaban J connectivity index is 0.00000180. The van der Waals surface area contributed by atoms with Crippen LogP contribution in [-0.4, -0.2) is 49.6 Å². The summed E-state index contributed by atoms with van der Waals surface area (Å²) in [6, 6.07) is 6.40. The second kappa shape index (κ2) is 6.77. The van der Waals surface area contributed by atoms with Gasteiger partial charge in [0, 0.05) is 4.88 Å². The molecule has 1 heterocycles. The Hall–Kier alpha value is 0.200. The SMILES string of the molecule is COc1ccc(-c2cc(=S)ss2)cc1S(=O)(=O)O.[NaH]. The van der Waals surface area contributed by atoms with E-state index in [1.807, 2.05) is 0 Å². The summed E-state index contributed by atoms with van der Waals surface area (Å²) in [6.45, 7) is 0. The summed E-state index contributed by atoms with van der Waals surface area (Å²) in [6.07, 6.45) is 0. The molecule has 0 aliphatic rings. The molecule has 1 aromatic heterocycles. The van der Waals surface area contributed by atoms with Gasteiger partial charge in [0.1, 0.15) is 14.5 Å². The third kappa shape index (κ3) is 4.08. The van der Waals surface area contributed by atoms with Gasteiger partial charge >= 0.3 is 29.6 Å². The fraction of sp³-hybridized carbons (Fsp3) is 0.100. The molecule has 1 N–H and O–H groups in total. The molecule has 2 aromatic rings. The van der Waals surface area contributed by atoms with Gasteiger partial charge in [-0.05, 0) is 29.8 Å². The van der Waals surface area contributed by atoms with E-state index in [0.29, 0.717) is 5.56 Å². The average molecular weight is 344 g/mol. The van der Waals surface area contributed by atoms with Crippen molar-refractivity contribution < 1.29 is 17.7 Å². The molecule has 0 unspecified atom stereocenters. The maximum atomic E-state index is 11.3. The summed E-state index contributed by atoms with van der Waals surface area (Å²) in [4.78, 5) is 0.615. The van der Waals surface area contributed by atoms with Gasteiger partial charge in [0.2, 0.25) is 0 Å². The van der Waals surface area contributed by atoms with Crippen molar-refractivity contribution in [3.8, 4) is 16.2 Å². The third-order valence-corrected chi connectivity index (χ3v) is 5.97. The molecular weight excluding hydrogens is 335 g/mol. The van der Waals surface area contributed by atoms with Crippen LogP contribution in [0.25, 0.3) is 10.4 Å². The molecule has 4 nitrogen and oxygen atoms in total. The molecule has 9 heteroatoms. The van der Waals surface area contributed by atoms with Crippen LogP contribution in [0.4, 0.5) is 0 Å². The summed E-state index contributed by atoms with van der Waals surface area (Å²) in [5, 5.41) is 0. The van der Waals surface area contributed by atoms with Crippen molar-refractivity contribution in [3.63, 3.8) is 0 Å². The predicted molar refractivity (Wildman–Crippen MR) is 82.0 cm³/mol. The van der Waals surface area contributed by atoms with Crippen molar-refractivity contribution in [3.05, 3.63) is 28.1 Å². The van der Waals surface area contributed by atoms with Crippen molar-refractivity contribution >= 4 is 72.6 Å². The van der Waals surface area contributed by atoms with Crippen molar-refractivity contribution in [2.45, 2.75) is 4.90 Å². The summed E-state index contributed by atoms with van der Waals surface area (Å²) >= 11 is 5.02. The van der Waals surface area contributed by atoms with Gasteiger partial charge < -0.3 is 4.74 Å². The number of hydrogen-bond acceptors (Lipinski definition) is 6. The molecular formula is C10H9NaO4S4. The van der Waals surface area contributed by atoms with Crippen LogP contribution in [0.5, 0.6) is 5.75 Å². The molecule has 0 aliphatic carbocycles. The van der Waals surface area contributed by atoms with Gasteiger partial charge in [0.15, 0.2) is 0 Å². The molecule has 0 saturated carbocycles. The van der Waals surface area contributed by atoms with E-state index in [1.165, 1.54) is 39.9 Å². The van der Waals surface area contributed by atoms with E-state index < -0.39 is 10.1 Å². The number of ether oxygens (including phenoxy) is 1. The molecule has 2 rings (SSSR count). The molecule has 1 aromatic carbocycles. The first-order chi connectivity index (χ1) is 8.41. The van der Waals surface area contributed by atoms with E-state index in [0.717, 1.165) is 8.70 Å². The molecule has 0 fully saturated rings. The maximum absolute atomic E-state index is 11.3. The fourth-order valence-corrected chi connectivity index (χ4v) is 4.48. The summed E-state index contributed by atoms with van der Waals surface area (Å²) < 4.78 is 37.3. The predicted octanol–water partition coefficient (Wildman–Crippen LogP) is 2.81.